The van der Waals surface area contributed by atoms with Crippen LogP contribution in [0.5, 0.6) is 11.5 Å². The summed E-state index contributed by atoms with van der Waals surface area (Å²) in [4.78, 5) is 22.0. The third-order valence-electron chi connectivity index (χ3n) is 4.45. The van der Waals surface area contributed by atoms with E-state index < -0.39 is 0 Å². The molecule has 0 aliphatic heterocycles. The van der Waals surface area contributed by atoms with E-state index in [1.807, 2.05) is 57.4 Å². The minimum atomic E-state index is -0.0836. The van der Waals surface area contributed by atoms with Crippen LogP contribution >= 0.6 is 23.7 Å². The van der Waals surface area contributed by atoms with Gasteiger partial charge in [-0.2, -0.15) is 0 Å². The second-order valence-electron chi connectivity index (χ2n) is 6.88. The maximum Gasteiger partial charge on any atom is 0.260 e. The molecule has 0 radical (unpaired) electrons. The fraction of sp³-hybridized carbons (Fsp3) is 0.364. The van der Waals surface area contributed by atoms with Crippen molar-refractivity contribution in [3.63, 3.8) is 0 Å². The second-order valence-corrected chi connectivity index (χ2v) is 7.89. The predicted octanol–water partition coefficient (Wildman–Crippen LogP) is 4.72. The summed E-state index contributed by atoms with van der Waals surface area (Å²) in [5.74, 6) is 1.32. The molecule has 162 valence electrons. The number of amides is 1. The molecular weight excluding hydrogens is 422 g/mol. The van der Waals surface area contributed by atoms with Crippen molar-refractivity contribution in [3.05, 3.63) is 48.0 Å². The number of ether oxygens (including phenoxy) is 2. The SMILES string of the molecule is CCOc1cccc2sc(N(CCCN(C)C)C(=O)c3cccc(OC)c3)nc12.Cl. The van der Waals surface area contributed by atoms with Crippen LogP contribution in [-0.4, -0.2) is 56.7 Å². The molecule has 0 atom stereocenters. The van der Waals surface area contributed by atoms with Gasteiger partial charge in [-0.05, 0) is 64.3 Å². The number of methoxy groups -OCH3 is 1. The van der Waals surface area contributed by atoms with E-state index in [4.69, 9.17) is 14.5 Å². The number of benzene rings is 2. The van der Waals surface area contributed by atoms with Crippen LogP contribution in [0.4, 0.5) is 5.13 Å². The zero-order valence-corrected chi connectivity index (χ0v) is 19.4. The van der Waals surface area contributed by atoms with Gasteiger partial charge in [-0.1, -0.05) is 23.5 Å². The Morgan fingerprint density at radius 2 is 1.90 bits per heavy atom. The van der Waals surface area contributed by atoms with E-state index in [9.17, 15) is 4.79 Å². The molecule has 1 heterocycles. The minimum Gasteiger partial charge on any atom is -0.497 e. The summed E-state index contributed by atoms with van der Waals surface area (Å²) in [5.41, 5.74) is 1.38. The summed E-state index contributed by atoms with van der Waals surface area (Å²) >= 11 is 1.51. The molecule has 6 nitrogen and oxygen atoms in total. The number of aromatic nitrogens is 1. The average molecular weight is 450 g/mol. The first kappa shape index (κ1) is 23.9. The van der Waals surface area contributed by atoms with Gasteiger partial charge in [-0.3, -0.25) is 9.69 Å². The summed E-state index contributed by atoms with van der Waals surface area (Å²) in [6, 6.07) is 13.1. The van der Waals surface area contributed by atoms with Gasteiger partial charge in [0.2, 0.25) is 0 Å². The van der Waals surface area contributed by atoms with Crippen molar-refractivity contribution in [2.24, 2.45) is 0 Å². The number of halogens is 1. The molecule has 0 aliphatic rings. The molecule has 0 N–H and O–H groups in total. The van der Waals surface area contributed by atoms with Crippen LogP contribution in [0.15, 0.2) is 42.5 Å². The van der Waals surface area contributed by atoms with Gasteiger partial charge in [0.25, 0.3) is 5.91 Å². The van der Waals surface area contributed by atoms with Gasteiger partial charge < -0.3 is 14.4 Å². The molecule has 0 aliphatic carbocycles. The molecule has 0 fully saturated rings. The van der Waals surface area contributed by atoms with Crippen LogP contribution in [0, 0.1) is 0 Å². The van der Waals surface area contributed by atoms with E-state index in [-0.39, 0.29) is 18.3 Å². The van der Waals surface area contributed by atoms with Gasteiger partial charge in [-0.15, -0.1) is 12.4 Å². The summed E-state index contributed by atoms with van der Waals surface area (Å²) < 4.78 is 12.0. The lowest BCUT2D eigenvalue weighted by atomic mass is 10.2. The van der Waals surface area contributed by atoms with Crippen molar-refractivity contribution >= 4 is 45.0 Å². The van der Waals surface area contributed by atoms with Crippen molar-refractivity contribution in [2.45, 2.75) is 13.3 Å². The van der Waals surface area contributed by atoms with Crippen LogP contribution in [0.2, 0.25) is 0 Å². The standard InChI is InChI=1S/C22H27N3O3S.ClH/c1-5-28-18-11-7-12-19-20(18)23-22(29-19)25(14-8-13-24(2)3)21(26)16-9-6-10-17(15-16)27-4;/h6-7,9-12,15H,5,8,13-14H2,1-4H3;1H. The van der Waals surface area contributed by atoms with Crippen LogP contribution in [-0.2, 0) is 0 Å². The Balaban J connectivity index is 0.00000320. The Morgan fingerprint density at radius 1 is 1.13 bits per heavy atom. The number of hydrogen-bond donors (Lipinski definition) is 0. The number of thiazole rings is 1. The molecule has 3 rings (SSSR count). The highest BCUT2D eigenvalue weighted by molar-refractivity contribution is 7.22. The Hall–Kier alpha value is -2.35. The molecule has 1 amide bonds. The number of carbonyl (C=O) groups is 1. The highest BCUT2D eigenvalue weighted by atomic mass is 35.5. The quantitative estimate of drug-likeness (QED) is 0.473. The lowest BCUT2D eigenvalue weighted by Gasteiger charge is -2.21. The fourth-order valence-electron chi connectivity index (χ4n) is 3.04. The van der Waals surface area contributed by atoms with Crippen molar-refractivity contribution in [1.82, 2.24) is 9.88 Å². The van der Waals surface area contributed by atoms with E-state index >= 15 is 0 Å². The first-order valence-corrected chi connectivity index (χ1v) is 10.5. The Kier molecular flexibility index (Phi) is 8.89. The summed E-state index contributed by atoms with van der Waals surface area (Å²) in [6.45, 7) is 3.99. The predicted molar refractivity (Wildman–Crippen MR) is 126 cm³/mol. The van der Waals surface area contributed by atoms with Crippen LogP contribution in [0.3, 0.4) is 0 Å². The second kappa shape index (κ2) is 11.2. The molecule has 0 saturated heterocycles. The van der Waals surface area contributed by atoms with Gasteiger partial charge in [-0.25, -0.2) is 4.98 Å². The lowest BCUT2D eigenvalue weighted by molar-refractivity contribution is 0.0985. The third kappa shape index (κ3) is 5.62. The summed E-state index contributed by atoms with van der Waals surface area (Å²) in [7, 11) is 5.65. The minimum absolute atomic E-state index is 0. The van der Waals surface area contributed by atoms with Crippen LogP contribution < -0.4 is 14.4 Å². The third-order valence-corrected chi connectivity index (χ3v) is 5.49. The maximum atomic E-state index is 13.4. The first-order chi connectivity index (χ1) is 14.0. The number of carbonyl (C=O) groups excluding carboxylic acids is 1. The van der Waals surface area contributed by atoms with Gasteiger partial charge in [0.1, 0.15) is 17.0 Å². The zero-order chi connectivity index (χ0) is 20.8. The van der Waals surface area contributed by atoms with Crippen LogP contribution in [0.1, 0.15) is 23.7 Å². The molecule has 8 heteroatoms. The van der Waals surface area contributed by atoms with Gasteiger partial charge in [0, 0.05) is 12.1 Å². The van der Waals surface area contributed by atoms with Gasteiger partial charge in [0.05, 0.1) is 18.4 Å². The zero-order valence-electron chi connectivity index (χ0n) is 17.8. The number of anilines is 1. The fourth-order valence-corrected chi connectivity index (χ4v) is 4.05. The smallest absolute Gasteiger partial charge is 0.260 e. The van der Waals surface area contributed by atoms with E-state index in [1.54, 1.807) is 18.1 Å². The number of rotatable bonds is 9. The molecule has 3 aromatic rings. The number of hydrogen-bond acceptors (Lipinski definition) is 6. The van der Waals surface area contributed by atoms with E-state index in [2.05, 4.69) is 4.90 Å². The molecule has 1 aromatic heterocycles. The van der Waals surface area contributed by atoms with Crippen molar-refractivity contribution < 1.29 is 14.3 Å². The summed E-state index contributed by atoms with van der Waals surface area (Å²) in [6.07, 6.45) is 0.844. The van der Waals surface area contributed by atoms with Crippen LogP contribution in [0.25, 0.3) is 10.2 Å². The Morgan fingerprint density at radius 3 is 2.60 bits per heavy atom. The van der Waals surface area contributed by atoms with E-state index in [0.717, 1.165) is 28.9 Å². The van der Waals surface area contributed by atoms with Crippen molar-refractivity contribution in [1.29, 1.82) is 0 Å². The molecule has 0 spiro atoms. The molecule has 0 saturated carbocycles. The topological polar surface area (TPSA) is 54.9 Å². The largest absolute Gasteiger partial charge is 0.497 e. The molecular formula is C22H28ClN3O3S. The first-order valence-electron chi connectivity index (χ1n) is 9.66. The van der Waals surface area contributed by atoms with Crippen molar-refractivity contribution in [3.8, 4) is 11.5 Å². The molecule has 30 heavy (non-hydrogen) atoms. The molecule has 2 aromatic carbocycles. The number of fused-ring (bicyclic) bond motifs is 1. The average Bonchev–Trinajstić information content (AvgIpc) is 3.16. The highest BCUT2D eigenvalue weighted by Gasteiger charge is 2.22. The van der Waals surface area contributed by atoms with Crippen molar-refractivity contribution in [2.75, 3.05) is 45.8 Å². The number of para-hydroxylation sites is 1. The van der Waals surface area contributed by atoms with Gasteiger partial charge >= 0.3 is 0 Å². The Labute approximate surface area is 187 Å². The van der Waals surface area contributed by atoms with E-state index in [0.29, 0.717) is 29.6 Å². The Bertz CT molecular complexity index is 977. The normalized spacial score (nSPS) is 10.7. The summed E-state index contributed by atoms with van der Waals surface area (Å²) in [5, 5.41) is 0.679. The highest BCUT2D eigenvalue weighted by Crippen LogP contribution is 2.35. The van der Waals surface area contributed by atoms with Gasteiger partial charge in [0.15, 0.2) is 5.13 Å². The maximum absolute atomic E-state index is 13.4. The van der Waals surface area contributed by atoms with E-state index in [1.165, 1.54) is 11.3 Å². The molecule has 0 unspecified atom stereocenters. The molecule has 0 bridgehead atoms. The lowest BCUT2D eigenvalue weighted by Crippen LogP contribution is -2.33. The number of nitrogens with zero attached hydrogens (tertiary/aromatic N) is 3. The monoisotopic (exact) mass is 449 g/mol.